The average Bonchev–Trinajstić information content (AvgIpc) is 2.91. The Morgan fingerprint density at radius 1 is 0.870 bits per heavy atom. The Hall–Kier alpha value is -1.08. The van der Waals surface area contributed by atoms with Crippen LogP contribution in [-0.4, -0.2) is 24.5 Å². The van der Waals surface area contributed by atoms with Gasteiger partial charge in [0.05, 0.1) is 0 Å². The standard InChI is InChI=1S/C22H31N/c1-5-13-22(14-6-1)18-19(20-11-3-4-12-21(20)22)10-9-17-23-15-7-2-8-16-23/h3-4,11-12,18H,1-2,5-10,13-17H2. The van der Waals surface area contributed by atoms with Crippen LogP contribution in [0.4, 0.5) is 0 Å². The van der Waals surface area contributed by atoms with E-state index < -0.39 is 0 Å². The van der Waals surface area contributed by atoms with Gasteiger partial charge in [0.15, 0.2) is 0 Å². The van der Waals surface area contributed by atoms with Crippen molar-refractivity contribution in [1.29, 1.82) is 0 Å². The number of allylic oxidation sites excluding steroid dienone is 2. The first kappa shape index (κ1) is 15.4. The lowest BCUT2D eigenvalue weighted by atomic mass is 9.71. The molecule has 0 atom stereocenters. The highest BCUT2D eigenvalue weighted by Gasteiger charge is 2.38. The molecule has 1 spiro atoms. The first-order chi connectivity index (χ1) is 11.4. The molecule has 0 N–H and O–H groups in total. The van der Waals surface area contributed by atoms with Gasteiger partial charge in [-0.2, -0.15) is 0 Å². The molecule has 3 aliphatic rings. The average molecular weight is 309 g/mol. The van der Waals surface area contributed by atoms with E-state index in [1.807, 2.05) is 0 Å². The SMILES string of the molecule is C1=C(CCCN2CCCCC2)c2ccccc2C12CCCCC2. The van der Waals surface area contributed by atoms with Gasteiger partial charge in [-0.05, 0) is 74.9 Å². The molecule has 0 amide bonds. The Labute approximate surface area is 141 Å². The van der Waals surface area contributed by atoms with Crippen molar-refractivity contribution in [1.82, 2.24) is 4.90 Å². The molecule has 0 unspecified atom stereocenters. The van der Waals surface area contributed by atoms with Crippen LogP contribution < -0.4 is 0 Å². The van der Waals surface area contributed by atoms with Crippen molar-refractivity contribution >= 4 is 5.57 Å². The van der Waals surface area contributed by atoms with Crippen molar-refractivity contribution in [3.8, 4) is 0 Å². The maximum Gasteiger partial charge on any atom is 0.0144 e. The maximum absolute atomic E-state index is 2.69. The Bertz CT molecular complexity index is 559. The van der Waals surface area contributed by atoms with Gasteiger partial charge in [-0.15, -0.1) is 0 Å². The van der Waals surface area contributed by atoms with E-state index in [-0.39, 0.29) is 0 Å². The second-order valence-corrected chi connectivity index (χ2v) is 7.94. The summed E-state index contributed by atoms with van der Waals surface area (Å²) in [6.45, 7) is 3.96. The fraction of sp³-hybridized carbons (Fsp3) is 0.636. The Morgan fingerprint density at radius 3 is 2.43 bits per heavy atom. The van der Waals surface area contributed by atoms with E-state index in [0.717, 1.165) is 0 Å². The molecule has 2 fully saturated rings. The normalized spacial score (nSPS) is 23.7. The molecule has 2 aliphatic carbocycles. The molecular weight excluding hydrogens is 278 g/mol. The minimum Gasteiger partial charge on any atom is -0.303 e. The zero-order valence-corrected chi connectivity index (χ0v) is 14.5. The third-order valence-corrected chi connectivity index (χ3v) is 6.37. The van der Waals surface area contributed by atoms with Crippen molar-refractivity contribution in [2.24, 2.45) is 0 Å². The van der Waals surface area contributed by atoms with Gasteiger partial charge in [-0.3, -0.25) is 0 Å². The van der Waals surface area contributed by atoms with Crippen molar-refractivity contribution in [2.75, 3.05) is 19.6 Å². The number of benzene rings is 1. The van der Waals surface area contributed by atoms with E-state index in [2.05, 4.69) is 35.2 Å². The van der Waals surface area contributed by atoms with E-state index in [1.165, 1.54) is 83.8 Å². The quantitative estimate of drug-likeness (QED) is 0.704. The summed E-state index contributed by atoms with van der Waals surface area (Å²) in [6.07, 6.45) is 16.6. The first-order valence-electron chi connectivity index (χ1n) is 9.91. The summed E-state index contributed by atoms with van der Waals surface area (Å²) in [6, 6.07) is 9.28. The third kappa shape index (κ3) is 3.13. The van der Waals surface area contributed by atoms with Crippen LogP contribution in [0.3, 0.4) is 0 Å². The third-order valence-electron chi connectivity index (χ3n) is 6.37. The Kier molecular flexibility index (Phi) is 4.57. The summed E-state index contributed by atoms with van der Waals surface area (Å²) in [5.41, 5.74) is 5.27. The smallest absolute Gasteiger partial charge is 0.0144 e. The van der Waals surface area contributed by atoms with Crippen molar-refractivity contribution in [2.45, 2.75) is 69.6 Å². The number of hydrogen-bond acceptors (Lipinski definition) is 1. The molecule has 1 saturated heterocycles. The second-order valence-electron chi connectivity index (χ2n) is 7.94. The van der Waals surface area contributed by atoms with Crippen molar-refractivity contribution in [3.63, 3.8) is 0 Å². The van der Waals surface area contributed by atoms with E-state index in [0.29, 0.717) is 5.41 Å². The molecule has 1 aromatic carbocycles. The molecule has 1 aromatic rings. The molecule has 1 aliphatic heterocycles. The summed E-state index contributed by atoms with van der Waals surface area (Å²) in [7, 11) is 0. The first-order valence-corrected chi connectivity index (χ1v) is 9.91. The van der Waals surface area contributed by atoms with Crippen molar-refractivity contribution in [3.05, 3.63) is 41.5 Å². The van der Waals surface area contributed by atoms with Gasteiger partial charge in [0.25, 0.3) is 0 Å². The highest BCUT2D eigenvalue weighted by molar-refractivity contribution is 5.76. The predicted molar refractivity (Wildman–Crippen MR) is 98.7 cm³/mol. The van der Waals surface area contributed by atoms with Crippen LogP contribution in [-0.2, 0) is 5.41 Å². The van der Waals surface area contributed by atoms with Crippen LogP contribution in [0, 0.1) is 0 Å². The fourth-order valence-electron chi connectivity index (χ4n) is 5.17. The number of rotatable bonds is 4. The summed E-state index contributed by atoms with van der Waals surface area (Å²) < 4.78 is 0. The lowest BCUT2D eigenvalue weighted by molar-refractivity contribution is 0.227. The molecule has 4 rings (SSSR count). The molecule has 124 valence electrons. The fourth-order valence-corrected chi connectivity index (χ4v) is 5.17. The summed E-state index contributed by atoms with van der Waals surface area (Å²) in [5, 5.41) is 0. The minimum atomic E-state index is 0.398. The Morgan fingerprint density at radius 2 is 1.61 bits per heavy atom. The highest BCUT2D eigenvalue weighted by Crippen LogP contribution is 2.50. The highest BCUT2D eigenvalue weighted by atomic mass is 15.1. The molecule has 0 bridgehead atoms. The van der Waals surface area contributed by atoms with Gasteiger partial charge in [-0.25, -0.2) is 0 Å². The molecule has 1 heteroatoms. The summed E-state index contributed by atoms with van der Waals surface area (Å²) in [5.74, 6) is 0. The van der Waals surface area contributed by atoms with Crippen molar-refractivity contribution < 1.29 is 0 Å². The minimum absolute atomic E-state index is 0.398. The molecular formula is C22H31N. The topological polar surface area (TPSA) is 3.24 Å². The second kappa shape index (κ2) is 6.81. The van der Waals surface area contributed by atoms with Gasteiger partial charge in [0.2, 0.25) is 0 Å². The van der Waals surface area contributed by atoms with Crippen LogP contribution >= 0.6 is 0 Å². The lowest BCUT2D eigenvalue weighted by Gasteiger charge is -2.33. The van der Waals surface area contributed by atoms with Crippen LogP contribution in [0.5, 0.6) is 0 Å². The molecule has 0 radical (unpaired) electrons. The molecule has 1 saturated carbocycles. The zero-order chi connectivity index (χ0) is 15.5. The lowest BCUT2D eigenvalue weighted by Crippen LogP contribution is -2.30. The van der Waals surface area contributed by atoms with Crippen LogP contribution in [0.1, 0.15) is 75.3 Å². The monoisotopic (exact) mass is 309 g/mol. The molecule has 1 nitrogen and oxygen atoms in total. The van der Waals surface area contributed by atoms with Gasteiger partial charge in [0.1, 0.15) is 0 Å². The zero-order valence-electron chi connectivity index (χ0n) is 14.5. The molecule has 1 heterocycles. The van der Waals surface area contributed by atoms with Crippen LogP contribution in [0.25, 0.3) is 5.57 Å². The summed E-state index contributed by atoms with van der Waals surface area (Å²) >= 11 is 0. The largest absolute Gasteiger partial charge is 0.303 e. The predicted octanol–water partition coefficient (Wildman–Crippen LogP) is 5.55. The number of likely N-dealkylation sites (tertiary alicyclic amines) is 1. The van der Waals surface area contributed by atoms with Gasteiger partial charge >= 0.3 is 0 Å². The van der Waals surface area contributed by atoms with Gasteiger partial charge in [0, 0.05) is 5.41 Å². The van der Waals surface area contributed by atoms with E-state index in [9.17, 15) is 0 Å². The Balaban J connectivity index is 1.46. The number of fused-ring (bicyclic) bond motifs is 2. The maximum atomic E-state index is 2.69. The van der Waals surface area contributed by atoms with E-state index in [1.54, 1.807) is 16.7 Å². The van der Waals surface area contributed by atoms with E-state index in [4.69, 9.17) is 0 Å². The van der Waals surface area contributed by atoms with E-state index >= 15 is 0 Å². The van der Waals surface area contributed by atoms with Crippen LogP contribution in [0.15, 0.2) is 30.3 Å². The van der Waals surface area contributed by atoms with Gasteiger partial charge < -0.3 is 4.90 Å². The number of piperidine rings is 1. The summed E-state index contributed by atoms with van der Waals surface area (Å²) in [4.78, 5) is 2.68. The molecule has 0 aromatic heterocycles. The van der Waals surface area contributed by atoms with Crippen LogP contribution in [0.2, 0.25) is 0 Å². The molecule has 23 heavy (non-hydrogen) atoms. The number of hydrogen-bond donors (Lipinski definition) is 0. The number of nitrogens with zero attached hydrogens (tertiary/aromatic N) is 1. The van der Waals surface area contributed by atoms with Gasteiger partial charge in [-0.1, -0.05) is 56.0 Å².